The third kappa shape index (κ3) is 1.22. The highest BCUT2D eigenvalue weighted by Gasteiger charge is 2.41. The molecule has 1 rings (SSSR count). The number of nitrogens with zero attached hydrogens (tertiary/aromatic N) is 1. The van der Waals surface area contributed by atoms with Gasteiger partial charge in [0.1, 0.15) is 0 Å². The summed E-state index contributed by atoms with van der Waals surface area (Å²) in [5.41, 5.74) is 5.76. The van der Waals surface area contributed by atoms with Gasteiger partial charge in [0.25, 0.3) is 0 Å². The molecule has 0 aromatic heterocycles. The minimum atomic E-state index is -0.102. The molecular formula is C9H18N2O. The van der Waals surface area contributed by atoms with Crippen LogP contribution in [0.4, 0.5) is 0 Å². The molecule has 0 spiro atoms. The summed E-state index contributed by atoms with van der Waals surface area (Å²) in [5.74, 6) is 0.519. The molecular weight excluding hydrogens is 152 g/mol. The number of hydrogen-bond donors (Lipinski definition) is 1. The van der Waals surface area contributed by atoms with E-state index in [0.29, 0.717) is 12.3 Å². The highest BCUT2D eigenvalue weighted by molar-refractivity contribution is 5.78. The fraction of sp³-hybridized carbons (Fsp3) is 0.889. The van der Waals surface area contributed by atoms with Gasteiger partial charge in [0.05, 0.1) is 0 Å². The Labute approximate surface area is 73.9 Å². The number of carbonyl (C=O) groups is 1. The summed E-state index contributed by atoms with van der Waals surface area (Å²) in [5, 5.41) is 0. The predicted molar refractivity (Wildman–Crippen MR) is 48.6 cm³/mol. The molecule has 3 heteroatoms. The Kier molecular flexibility index (Phi) is 2.17. The molecule has 1 amide bonds. The van der Waals surface area contributed by atoms with E-state index in [1.165, 1.54) is 0 Å². The Morgan fingerprint density at radius 1 is 1.58 bits per heavy atom. The summed E-state index contributed by atoms with van der Waals surface area (Å²) < 4.78 is 0. The van der Waals surface area contributed by atoms with Crippen molar-refractivity contribution in [3.63, 3.8) is 0 Å². The lowest BCUT2D eigenvalue weighted by Gasteiger charge is -2.47. The molecule has 0 bridgehead atoms. The van der Waals surface area contributed by atoms with Gasteiger partial charge in [0.15, 0.2) is 0 Å². The van der Waals surface area contributed by atoms with Crippen molar-refractivity contribution in [1.29, 1.82) is 0 Å². The van der Waals surface area contributed by atoms with E-state index in [1.54, 1.807) is 4.90 Å². The summed E-state index contributed by atoms with van der Waals surface area (Å²) in [7, 11) is 1.85. The molecule has 2 atom stereocenters. The Bertz CT molecular complexity index is 201. The largest absolute Gasteiger partial charge is 0.340 e. The number of rotatable bonds is 0. The van der Waals surface area contributed by atoms with Crippen LogP contribution in [-0.2, 0) is 4.79 Å². The second kappa shape index (κ2) is 2.73. The van der Waals surface area contributed by atoms with E-state index >= 15 is 0 Å². The zero-order valence-electron chi connectivity index (χ0n) is 8.29. The van der Waals surface area contributed by atoms with Crippen molar-refractivity contribution >= 4 is 5.91 Å². The van der Waals surface area contributed by atoms with Gasteiger partial charge in [-0.2, -0.15) is 0 Å². The van der Waals surface area contributed by atoms with Crippen LogP contribution < -0.4 is 5.73 Å². The van der Waals surface area contributed by atoms with Crippen LogP contribution in [0.3, 0.4) is 0 Å². The molecule has 12 heavy (non-hydrogen) atoms. The maximum atomic E-state index is 11.4. The number of hydrogen-bond acceptors (Lipinski definition) is 2. The minimum absolute atomic E-state index is 0.0173. The highest BCUT2D eigenvalue weighted by Crippen LogP contribution is 2.31. The van der Waals surface area contributed by atoms with E-state index < -0.39 is 0 Å². The highest BCUT2D eigenvalue weighted by atomic mass is 16.2. The van der Waals surface area contributed by atoms with Crippen LogP contribution >= 0.6 is 0 Å². The van der Waals surface area contributed by atoms with Crippen LogP contribution in [0.25, 0.3) is 0 Å². The average molecular weight is 170 g/mol. The lowest BCUT2D eigenvalue weighted by molar-refractivity contribution is -0.142. The van der Waals surface area contributed by atoms with Gasteiger partial charge < -0.3 is 10.6 Å². The lowest BCUT2D eigenvalue weighted by atomic mass is 9.77. The number of likely N-dealkylation sites (tertiary alicyclic amines) is 1. The Balaban J connectivity index is 2.89. The monoisotopic (exact) mass is 170 g/mol. The summed E-state index contributed by atoms with van der Waals surface area (Å²) >= 11 is 0. The van der Waals surface area contributed by atoms with Gasteiger partial charge in [-0.15, -0.1) is 0 Å². The standard InChI is InChI=1S/C9H18N2O/c1-6-7(10)5-8(12)11(4)9(6,2)3/h6-7H,5,10H2,1-4H3. The molecule has 0 radical (unpaired) electrons. The topological polar surface area (TPSA) is 46.3 Å². The molecule has 0 aromatic rings. The maximum absolute atomic E-state index is 11.4. The molecule has 1 saturated heterocycles. The Morgan fingerprint density at radius 3 is 2.58 bits per heavy atom. The number of piperidine rings is 1. The van der Waals surface area contributed by atoms with Gasteiger partial charge in [0, 0.05) is 25.0 Å². The Morgan fingerprint density at radius 2 is 2.08 bits per heavy atom. The van der Waals surface area contributed by atoms with Crippen molar-refractivity contribution in [3.05, 3.63) is 0 Å². The first-order chi connectivity index (χ1) is 5.37. The van der Waals surface area contributed by atoms with Crippen molar-refractivity contribution in [2.24, 2.45) is 11.7 Å². The van der Waals surface area contributed by atoms with E-state index in [4.69, 9.17) is 5.73 Å². The molecule has 1 fully saturated rings. The van der Waals surface area contributed by atoms with Crippen molar-refractivity contribution in [2.75, 3.05) is 7.05 Å². The summed E-state index contributed by atoms with van der Waals surface area (Å²) in [6.45, 7) is 6.23. The molecule has 0 aromatic carbocycles. The quantitative estimate of drug-likeness (QED) is 0.578. The van der Waals surface area contributed by atoms with E-state index in [-0.39, 0.29) is 17.5 Å². The van der Waals surface area contributed by atoms with Gasteiger partial charge in [-0.1, -0.05) is 6.92 Å². The Hall–Kier alpha value is -0.570. The van der Waals surface area contributed by atoms with Crippen molar-refractivity contribution in [3.8, 4) is 0 Å². The smallest absolute Gasteiger partial charge is 0.224 e. The van der Waals surface area contributed by atoms with Crippen LogP contribution in [0.5, 0.6) is 0 Å². The molecule has 70 valence electrons. The van der Waals surface area contributed by atoms with E-state index in [2.05, 4.69) is 20.8 Å². The molecule has 0 saturated carbocycles. The fourth-order valence-electron chi connectivity index (χ4n) is 1.67. The van der Waals surface area contributed by atoms with Crippen LogP contribution in [0.2, 0.25) is 0 Å². The van der Waals surface area contributed by atoms with Crippen LogP contribution in [0.1, 0.15) is 27.2 Å². The molecule has 1 aliphatic heterocycles. The first-order valence-corrected chi connectivity index (χ1v) is 4.39. The number of nitrogens with two attached hydrogens (primary N) is 1. The third-order valence-corrected chi connectivity index (χ3v) is 3.41. The SMILES string of the molecule is CC1C(N)CC(=O)N(C)C1(C)C. The zero-order valence-corrected chi connectivity index (χ0v) is 8.29. The maximum Gasteiger partial charge on any atom is 0.224 e. The van der Waals surface area contributed by atoms with Crippen LogP contribution in [0.15, 0.2) is 0 Å². The molecule has 2 unspecified atom stereocenters. The second-order valence-corrected chi connectivity index (χ2v) is 4.26. The second-order valence-electron chi connectivity index (χ2n) is 4.26. The van der Waals surface area contributed by atoms with Crippen molar-refractivity contribution in [2.45, 2.75) is 38.8 Å². The zero-order chi connectivity index (χ0) is 9.52. The lowest BCUT2D eigenvalue weighted by Crippen LogP contribution is -2.60. The van der Waals surface area contributed by atoms with E-state index in [9.17, 15) is 4.79 Å². The van der Waals surface area contributed by atoms with E-state index in [1.807, 2.05) is 7.05 Å². The average Bonchev–Trinajstić information content (AvgIpc) is 1.99. The minimum Gasteiger partial charge on any atom is -0.340 e. The normalized spacial score (nSPS) is 35.4. The molecule has 2 N–H and O–H groups in total. The van der Waals surface area contributed by atoms with Gasteiger partial charge in [0.2, 0.25) is 5.91 Å². The number of amides is 1. The fourth-order valence-corrected chi connectivity index (χ4v) is 1.67. The molecule has 3 nitrogen and oxygen atoms in total. The van der Waals surface area contributed by atoms with Gasteiger partial charge in [-0.3, -0.25) is 4.79 Å². The third-order valence-electron chi connectivity index (χ3n) is 3.41. The van der Waals surface area contributed by atoms with Gasteiger partial charge in [-0.25, -0.2) is 0 Å². The van der Waals surface area contributed by atoms with Crippen LogP contribution in [-0.4, -0.2) is 29.4 Å². The molecule has 1 heterocycles. The predicted octanol–water partition coefficient (Wildman–Crippen LogP) is 0.590. The summed E-state index contributed by atoms with van der Waals surface area (Å²) in [4.78, 5) is 13.2. The van der Waals surface area contributed by atoms with E-state index in [0.717, 1.165) is 0 Å². The first kappa shape index (κ1) is 9.52. The van der Waals surface area contributed by atoms with Crippen molar-refractivity contribution < 1.29 is 4.79 Å². The summed E-state index contributed by atoms with van der Waals surface area (Å²) in [6.07, 6.45) is 0.487. The summed E-state index contributed by atoms with van der Waals surface area (Å²) in [6, 6.07) is 0.0173. The van der Waals surface area contributed by atoms with Gasteiger partial charge >= 0.3 is 0 Å². The first-order valence-electron chi connectivity index (χ1n) is 4.39. The van der Waals surface area contributed by atoms with Crippen LogP contribution in [0, 0.1) is 5.92 Å². The molecule has 0 aliphatic carbocycles. The van der Waals surface area contributed by atoms with Gasteiger partial charge in [-0.05, 0) is 19.8 Å². The molecule has 1 aliphatic rings. The number of carbonyl (C=O) groups excluding carboxylic acids is 1. The van der Waals surface area contributed by atoms with Crippen molar-refractivity contribution in [1.82, 2.24) is 4.90 Å².